The second kappa shape index (κ2) is 12.0. The first-order valence-electron chi connectivity index (χ1n) is 8.91. The molecule has 0 radical (unpaired) electrons. The van der Waals surface area contributed by atoms with E-state index in [0.717, 1.165) is 17.1 Å². The quantitative estimate of drug-likeness (QED) is 0.242. The second-order valence-electron chi connectivity index (χ2n) is 6.04. The van der Waals surface area contributed by atoms with Crippen molar-refractivity contribution < 1.29 is 18.3 Å². The Balaban J connectivity index is 0.00000420. The third-order valence-electron chi connectivity index (χ3n) is 3.92. The first-order valence-corrected chi connectivity index (χ1v) is 9.72. The molecule has 29 heavy (non-hydrogen) atoms. The molecule has 1 aromatic heterocycles. The Bertz CT molecular complexity index is 861. The first kappa shape index (κ1) is 25.2. The fourth-order valence-electron chi connectivity index (χ4n) is 2.50. The lowest BCUT2D eigenvalue weighted by molar-refractivity contribution is 0.0531. The van der Waals surface area contributed by atoms with E-state index in [2.05, 4.69) is 20.6 Å². The number of aromatic nitrogens is 1. The molecule has 2 N–H and O–H groups in total. The standard InChI is InChI=1S/C19H24F2N4O2S.HI/c1-5-27-18(26)16-11(2)24-17(28-16)12(3)25-19(22-4)23-9-8-13-10-14(20)6-7-15(13)21;/h6-7,10,12H,5,8-9H2,1-4H3,(H2,22,23,25);1H. The van der Waals surface area contributed by atoms with Gasteiger partial charge in [0, 0.05) is 13.6 Å². The monoisotopic (exact) mass is 538 g/mol. The van der Waals surface area contributed by atoms with E-state index in [4.69, 9.17) is 4.74 Å². The summed E-state index contributed by atoms with van der Waals surface area (Å²) in [5.41, 5.74) is 0.919. The molecule has 0 fully saturated rings. The Kier molecular flexibility index (Phi) is 10.4. The molecule has 1 aromatic carbocycles. The topological polar surface area (TPSA) is 75.6 Å². The van der Waals surface area contributed by atoms with E-state index in [0.29, 0.717) is 41.7 Å². The number of aryl methyl sites for hydroxylation is 1. The zero-order valence-corrected chi connectivity index (χ0v) is 19.9. The fourth-order valence-corrected chi connectivity index (χ4v) is 3.46. The van der Waals surface area contributed by atoms with E-state index in [9.17, 15) is 13.6 Å². The zero-order chi connectivity index (χ0) is 20.7. The van der Waals surface area contributed by atoms with E-state index in [-0.39, 0.29) is 36.0 Å². The van der Waals surface area contributed by atoms with E-state index in [1.165, 1.54) is 17.4 Å². The van der Waals surface area contributed by atoms with Gasteiger partial charge in [0.05, 0.1) is 18.3 Å². The predicted molar refractivity (Wildman–Crippen MR) is 121 cm³/mol. The van der Waals surface area contributed by atoms with Crippen LogP contribution in [0.4, 0.5) is 8.78 Å². The Morgan fingerprint density at radius 2 is 2.10 bits per heavy atom. The van der Waals surface area contributed by atoms with Gasteiger partial charge in [0.2, 0.25) is 0 Å². The van der Waals surface area contributed by atoms with Crippen molar-refractivity contribution in [3.63, 3.8) is 0 Å². The average Bonchev–Trinajstić information content (AvgIpc) is 3.05. The molecule has 0 aliphatic rings. The van der Waals surface area contributed by atoms with Gasteiger partial charge in [-0.2, -0.15) is 0 Å². The van der Waals surface area contributed by atoms with Crippen molar-refractivity contribution in [1.82, 2.24) is 15.6 Å². The van der Waals surface area contributed by atoms with Crippen molar-refractivity contribution in [1.29, 1.82) is 0 Å². The van der Waals surface area contributed by atoms with Crippen LogP contribution in [0.3, 0.4) is 0 Å². The number of esters is 1. The molecule has 1 atom stereocenters. The van der Waals surface area contributed by atoms with Gasteiger partial charge in [-0.15, -0.1) is 35.3 Å². The van der Waals surface area contributed by atoms with Crippen molar-refractivity contribution in [3.8, 4) is 0 Å². The first-order chi connectivity index (χ1) is 13.3. The lowest BCUT2D eigenvalue weighted by atomic mass is 10.1. The number of hydrogen-bond acceptors (Lipinski definition) is 5. The number of ether oxygens (including phenoxy) is 1. The van der Waals surface area contributed by atoms with Crippen LogP contribution in [0.2, 0.25) is 0 Å². The van der Waals surface area contributed by atoms with E-state index in [1.54, 1.807) is 20.9 Å². The molecule has 1 unspecified atom stereocenters. The van der Waals surface area contributed by atoms with Crippen LogP contribution < -0.4 is 10.6 Å². The van der Waals surface area contributed by atoms with Gasteiger partial charge in [0.15, 0.2) is 5.96 Å². The number of guanidine groups is 1. The normalized spacial score (nSPS) is 12.1. The number of carbonyl (C=O) groups is 1. The van der Waals surface area contributed by atoms with Crippen molar-refractivity contribution >= 4 is 47.2 Å². The zero-order valence-electron chi connectivity index (χ0n) is 16.7. The van der Waals surface area contributed by atoms with Crippen LogP contribution in [0.15, 0.2) is 23.2 Å². The third-order valence-corrected chi connectivity index (χ3v) is 5.24. The molecule has 0 amide bonds. The summed E-state index contributed by atoms with van der Waals surface area (Å²) in [5, 5.41) is 6.96. The van der Waals surface area contributed by atoms with Crippen molar-refractivity contribution in [2.75, 3.05) is 20.2 Å². The summed E-state index contributed by atoms with van der Waals surface area (Å²) < 4.78 is 32.0. The molecule has 6 nitrogen and oxygen atoms in total. The lowest BCUT2D eigenvalue weighted by Crippen LogP contribution is -2.39. The van der Waals surface area contributed by atoms with Gasteiger partial charge < -0.3 is 15.4 Å². The maximum absolute atomic E-state index is 13.7. The molecule has 0 spiro atoms. The van der Waals surface area contributed by atoms with E-state index in [1.807, 2.05) is 6.92 Å². The molecule has 160 valence electrons. The van der Waals surface area contributed by atoms with Crippen LogP contribution in [-0.2, 0) is 11.2 Å². The van der Waals surface area contributed by atoms with E-state index >= 15 is 0 Å². The highest BCUT2D eigenvalue weighted by molar-refractivity contribution is 14.0. The highest BCUT2D eigenvalue weighted by Crippen LogP contribution is 2.24. The van der Waals surface area contributed by atoms with Crippen LogP contribution in [0, 0.1) is 18.6 Å². The largest absolute Gasteiger partial charge is 0.462 e. The number of carbonyl (C=O) groups excluding carboxylic acids is 1. The summed E-state index contributed by atoms with van der Waals surface area (Å²) in [6, 6.07) is 3.19. The molecule has 0 aliphatic heterocycles. The minimum atomic E-state index is -0.468. The summed E-state index contributed by atoms with van der Waals surface area (Å²) in [7, 11) is 1.61. The molecular formula is C19H25F2IN4O2S. The molecule has 0 bridgehead atoms. The Morgan fingerprint density at radius 3 is 2.76 bits per heavy atom. The SMILES string of the molecule is CCOC(=O)c1sc(C(C)NC(=NC)NCCc2cc(F)ccc2F)nc1C.I. The van der Waals surface area contributed by atoms with Crippen molar-refractivity contribution in [3.05, 3.63) is 51.0 Å². The van der Waals surface area contributed by atoms with Crippen LogP contribution in [0.1, 0.15) is 45.8 Å². The number of aliphatic imine (C=N–C) groups is 1. The van der Waals surface area contributed by atoms with Crippen molar-refractivity contribution in [2.24, 2.45) is 4.99 Å². The smallest absolute Gasteiger partial charge is 0.350 e. The highest BCUT2D eigenvalue weighted by atomic mass is 127. The van der Waals surface area contributed by atoms with E-state index < -0.39 is 11.6 Å². The summed E-state index contributed by atoms with van der Waals surface area (Å²) in [6.07, 6.45) is 0.308. The molecule has 2 aromatic rings. The van der Waals surface area contributed by atoms with Gasteiger partial charge in [-0.05, 0) is 51.0 Å². The van der Waals surface area contributed by atoms with Gasteiger partial charge in [0.25, 0.3) is 0 Å². The maximum atomic E-state index is 13.7. The molecule has 0 saturated heterocycles. The lowest BCUT2D eigenvalue weighted by Gasteiger charge is -2.16. The minimum Gasteiger partial charge on any atom is -0.462 e. The van der Waals surface area contributed by atoms with Crippen LogP contribution in [0.5, 0.6) is 0 Å². The predicted octanol–water partition coefficient (Wildman–Crippen LogP) is 3.99. The van der Waals surface area contributed by atoms with Gasteiger partial charge >= 0.3 is 5.97 Å². The molecular weight excluding hydrogens is 513 g/mol. The summed E-state index contributed by atoms with van der Waals surface area (Å²) in [6.45, 7) is 6.09. The van der Waals surface area contributed by atoms with Gasteiger partial charge in [-0.3, -0.25) is 4.99 Å². The Labute approximate surface area is 190 Å². The van der Waals surface area contributed by atoms with Crippen LogP contribution >= 0.6 is 35.3 Å². The number of hydrogen-bond donors (Lipinski definition) is 2. The highest BCUT2D eigenvalue weighted by Gasteiger charge is 2.20. The average molecular weight is 538 g/mol. The second-order valence-corrected chi connectivity index (χ2v) is 7.07. The van der Waals surface area contributed by atoms with Gasteiger partial charge in [0.1, 0.15) is 21.5 Å². The Morgan fingerprint density at radius 1 is 1.38 bits per heavy atom. The molecule has 0 aliphatic carbocycles. The number of nitrogens with one attached hydrogen (secondary N) is 2. The number of halogens is 3. The number of benzene rings is 1. The molecule has 0 saturated carbocycles. The van der Waals surface area contributed by atoms with Crippen LogP contribution in [-0.4, -0.2) is 37.1 Å². The van der Waals surface area contributed by atoms with Gasteiger partial charge in [-0.25, -0.2) is 18.6 Å². The summed E-state index contributed by atoms with van der Waals surface area (Å²) in [5.74, 6) is -0.793. The number of nitrogens with zero attached hydrogens (tertiary/aromatic N) is 2. The molecule has 1 heterocycles. The number of thiazole rings is 1. The van der Waals surface area contributed by atoms with Crippen LogP contribution in [0.25, 0.3) is 0 Å². The van der Waals surface area contributed by atoms with Gasteiger partial charge in [-0.1, -0.05) is 0 Å². The third kappa shape index (κ3) is 7.18. The van der Waals surface area contributed by atoms with Crippen molar-refractivity contribution in [2.45, 2.75) is 33.2 Å². The number of rotatable bonds is 7. The Hall–Kier alpha value is -1.82. The summed E-state index contributed by atoms with van der Waals surface area (Å²) >= 11 is 1.27. The maximum Gasteiger partial charge on any atom is 0.350 e. The molecule has 10 heteroatoms. The minimum absolute atomic E-state index is 0. The molecule has 2 rings (SSSR count). The fraction of sp³-hybridized carbons (Fsp3) is 0.421. The summed E-state index contributed by atoms with van der Waals surface area (Å²) in [4.78, 5) is 21.0.